The number of fused-ring (bicyclic) bond motifs is 8. The molecule has 18 heteroatoms. The summed E-state index contributed by atoms with van der Waals surface area (Å²) in [6.07, 6.45) is 3.93. The number of hydrogen-bond donors (Lipinski definition) is 7. The Labute approximate surface area is 277 Å². The molecule has 9 atom stereocenters. The second-order valence-corrected chi connectivity index (χ2v) is 12.7. The maximum absolute atomic E-state index is 12.1. The summed E-state index contributed by atoms with van der Waals surface area (Å²) < 4.78 is 10.0. The van der Waals surface area contributed by atoms with Crippen LogP contribution >= 0.6 is 9.18 Å². The van der Waals surface area contributed by atoms with E-state index >= 15 is 0 Å². The van der Waals surface area contributed by atoms with Gasteiger partial charge in [0.2, 0.25) is 0 Å². The number of hydrogen-bond acceptors (Lipinski definition) is 8. The van der Waals surface area contributed by atoms with Gasteiger partial charge in [0.25, 0.3) is 11.8 Å². The van der Waals surface area contributed by atoms with Gasteiger partial charge in [0.15, 0.2) is 5.72 Å². The molecule has 5 aliphatic rings. The van der Waals surface area contributed by atoms with Crippen LogP contribution in [0.3, 0.4) is 0 Å². The van der Waals surface area contributed by atoms with Crippen LogP contribution in [0.25, 0.3) is 0 Å². The van der Waals surface area contributed by atoms with Crippen molar-refractivity contribution in [2.45, 2.75) is 74.8 Å². The van der Waals surface area contributed by atoms with Crippen LogP contribution in [0.15, 0.2) is 36.7 Å². The summed E-state index contributed by atoms with van der Waals surface area (Å²) in [7, 11) is 1.25. The SMILES string of the molecule is CCN1C(=O)N[C@H]2[C@@H]3NC(=O)c4cccn4[C@@H]3C[C@]21O.CCNC(=O)N[C@H]1[C@@H]2NC(=O)c3cccn3[C@@H]2C[C@H]1O.S=S=S.[2H]PC. The molecule has 3 aliphatic heterocycles. The van der Waals surface area contributed by atoms with Crippen LogP contribution in [-0.2, 0) is 31.3 Å². The number of urea groups is 2. The van der Waals surface area contributed by atoms with Gasteiger partial charge in [0, 0.05) is 63.2 Å². The lowest BCUT2D eigenvalue weighted by atomic mass is 10.1. The molecule has 2 saturated carbocycles. The van der Waals surface area contributed by atoms with Crippen molar-refractivity contribution in [1.29, 1.82) is 1.28 Å². The Morgan fingerprint density at radius 3 is 2.20 bits per heavy atom. The van der Waals surface area contributed by atoms with Crippen LogP contribution in [0.4, 0.5) is 9.59 Å². The molecule has 246 valence electrons. The van der Waals surface area contributed by atoms with E-state index in [1.165, 1.54) is 4.90 Å². The summed E-state index contributed by atoms with van der Waals surface area (Å²) in [4.78, 5) is 49.1. The first-order valence-electron chi connectivity index (χ1n) is 15.0. The van der Waals surface area contributed by atoms with E-state index in [9.17, 15) is 29.4 Å². The minimum atomic E-state index is -1.24. The van der Waals surface area contributed by atoms with E-state index in [2.05, 4.69) is 49.0 Å². The van der Waals surface area contributed by atoms with E-state index in [1.54, 1.807) is 12.1 Å². The largest absolute Gasteiger partial charge is 0.391 e. The molecule has 0 radical (unpaired) electrons. The van der Waals surface area contributed by atoms with Gasteiger partial charge in [-0.2, -0.15) is 0 Å². The van der Waals surface area contributed by atoms with Crippen molar-refractivity contribution < 1.29 is 29.4 Å². The first kappa shape index (κ1) is 33.4. The minimum Gasteiger partial charge on any atom is -0.391 e. The topological polar surface area (TPSA) is 182 Å². The number of nitrogens with zero attached hydrogens (tertiary/aromatic N) is 3. The number of aliphatic hydroxyl groups is 2. The van der Waals surface area contributed by atoms with E-state index in [4.69, 9.17) is 1.28 Å². The third-order valence-corrected chi connectivity index (χ3v) is 8.76. The van der Waals surface area contributed by atoms with Gasteiger partial charge in [-0.3, -0.25) is 14.5 Å². The van der Waals surface area contributed by atoms with Crippen LogP contribution in [0, 0.1) is 0 Å². The van der Waals surface area contributed by atoms with Gasteiger partial charge in [-0.05, 0) is 44.5 Å². The maximum Gasteiger partial charge on any atom is 0.320 e. The van der Waals surface area contributed by atoms with Crippen LogP contribution in [0.5, 0.6) is 0 Å². The first-order valence-corrected chi connectivity index (χ1v) is 18.2. The standard InChI is InChI=1S/C13H16N4O3.C13H18N4O3.CH5P.S3/c1-2-17-12(19)15-10-9-8(6-13(10,17)20)16-5-3-4-7(16)11(18)14-9;1-2-14-13(20)16-11-9(18)6-8-10(11)15-12(19)7-4-3-5-17(7)8;1-2;1-3-2/h3-5,8-10,20H,2,6H2,1H3,(H,14,18)(H,15,19);3-5,8-11,18H,2,6H2,1H3,(H,15,19)(H2,14,16,20);2H2,1H3;/t8-,9-,10+,13+;8-,9-,10-,11-;;/m11../s1/i;;2D;. The van der Waals surface area contributed by atoms with Crippen LogP contribution < -0.4 is 26.6 Å². The van der Waals surface area contributed by atoms with Gasteiger partial charge in [-0.1, -0.05) is 6.66 Å². The lowest BCUT2D eigenvalue weighted by molar-refractivity contribution is -0.0655. The molecular formula is C27H39N8O6PS3. The number of aliphatic hydroxyl groups excluding tert-OH is 1. The average Bonchev–Trinajstić information content (AvgIpc) is 3.81. The fraction of sp³-hybridized carbons (Fsp3) is 0.556. The Morgan fingerprint density at radius 1 is 1.09 bits per heavy atom. The summed E-state index contributed by atoms with van der Waals surface area (Å²) in [5, 5.41) is 35.1. The summed E-state index contributed by atoms with van der Waals surface area (Å²) in [6, 6.07) is 4.96. The monoisotopic (exact) mass is 699 g/mol. The average molecular weight is 700 g/mol. The summed E-state index contributed by atoms with van der Waals surface area (Å²) in [5.41, 5.74) is -0.0401. The first-order chi connectivity index (χ1) is 22.0. The second kappa shape index (κ2) is 14.6. The molecule has 7 N–H and O–H groups in total. The van der Waals surface area contributed by atoms with Crippen LogP contribution in [0.2, 0.25) is 0 Å². The molecule has 0 spiro atoms. The fourth-order valence-corrected chi connectivity index (χ4v) is 7.05. The molecule has 2 aromatic heterocycles. The Balaban J connectivity index is 0.000000179. The van der Waals surface area contributed by atoms with Gasteiger partial charge in [0.05, 0.1) is 37.6 Å². The number of nitrogens with one attached hydrogen (secondary N) is 5. The van der Waals surface area contributed by atoms with Gasteiger partial charge in [-0.15, -0.1) is 9.18 Å². The zero-order chi connectivity index (χ0) is 33.8. The van der Waals surface area contributed by atoms with Crippen molar-refractivity contribution in [2.75, 3.05) is 19.8 Å². The van der Waals surface area contributed by atoms with Crippen LogP contribution in [0.1, 0.15) is 59.7 Å². The third-order valence-electron chi connectivity index (χ3n) is 8.76. The lowest BCUT2D eigenvalue weighted by Gasteiger charge is -2.32. The van der Waals surface area contributed by atoms with Gasteiger partial charge in [0.1, 0.15) is 17.4 Å². The molecule has 45 heavy (non-hydrogen) atoms. The summed E-state index contributed by atoms with van der Waals surface area (Å²) in [6.45, 7) is 6.42. The Bertz CT molecular complexity index is 1490. The predicted octanol–water partition coefficient (Wildman–Crippen LogP) is -0.275. The van der Waals surface area contributed by atoms with Crippen molar-refractivity contribution in [1.82, 2.24) is 40.6 Å². The highest BCUT2D eigenvalue weighted by atomic mass is 33.1. The second-order valence-electron chi connectivity index (χ2n) is 10.9. The molecule has 1 unspecified atom stereocenters. The molecule has 2 aromatic rings. The van der Waals surface area contributed by atoms with Crippen molar-refractivity contribution in [3.63, 3.8) is 0 Å². The summed E-state index contributed by atoms with van der Waals surface area (Å²) >= 11 is 8.25. The zero-order valence-electron chi connectivity index (χ0n) is 25.9. The summed E-state index contributed by atoms with van der Waals surface area (Å²) in [5.74, 6) is -0.335. The maximum atomic E-state index is 12.1. The van der Waals surface area contributed by atoms with Crippen LogP contribution in [-0.4, -0.2) is 105 Å². The highest BCUT2D eigenvalue weighted by Gasteiger charge is 2.63. The zero-order valence-corrected chi connectivity index (χ0v) is 28.4. The molecule has 0 aromatic carbocycles. The number of rotatable bonds is 3. The van der Waals surface area contributed by atoms with Crippen molar-refractivity contribution >= 4 is 64.3 Å². The quantitative estimate of drug-likeness (QED) is 0.214. The normalized spacial score (nSPS) is 31.8. The van der Waals surface area contributed by atoms with Gasteiger partial charge < -0.3 is 45.9 Å². The number of likely N-dealkylation sites (N-methyl/N-ethyl adjacent to an activating group) is 1. The molecular weight excluding hydrogens is 660 g/mol. The predicted molar refractivity (Wildman–Crippen MR) is 178 cm³/mol. The van der Waals surface area contributed by atoms with E-state index in [0.717, 1.165) is 8.88 Å². The fourth-order valence-electron chi connectivity index (χ4n) is 7.05. The van der Waals surface area contributed by atoms with Crippen molar-refractivity contribution in [2.24, 2.45) is 0 Å². The molecule has 2 aliphatic carbocycles. The van der Waals surface area contributed by atoms with Gasteiger partial charge in [-0.25, -0.2) is 9.59 Å². The van der Waals surface area contributed by atoms with Crippen molar-refractivity contribution in [3.05, 3.63) is 48.0 Å². The van der Waals surface area contributed by atoms with E-state index in [-0.39, 0.29) is 48.0 Å². The Hall–Kier alpha value is -2.95. The smallest absolute Gasteiger partial charge is 0.320 e. The van der Waals surface area contributed by atoms with Crippen molar-refractivity contribution in [3.8, 4) is 0 Å². The molecule has 14 nitrogen and oxygen atoms in total. The molecule has 6 amide bonds. The highest BCUT2D eigenvalue weighted by molar-refractivity contribution is 8.37. The lowest BCUT2D eigenvalue weighted by Crippen LogP contribution is -2.58. The Kier molecular flexibility index (Phi) is 10.9. The molecule has 0 bridgehead atoms. The van der Waals surface area contributed by atoms with Gasteiger partial charge >= 0.3 is 12.1 Å². The Morgan fingerprint density at radius 2 is 1.64 bits per heavy atom. The molecule has 3 fully saturated rings. The molecule has 1 saturated heterocycles. The third kappa shape index (κ3) is 6.38. The number of carbonyl (C=O) groups is 4. The molecule has 5 heterocycles. The number of aromatic nitrogens is 2. The van der Waals surface area contributed by atoms with E-state index in [1.807, 2.05) is 54.2 Å². The number of amides is 6. The van der Waals surface area contributed by atoms with E-state index < -0.39 is 23.9 Å². The number of carbonyl (C=O) groups excluding carboxylic acids is 4. The van der Waals surface area contributed by atoms with E-state index in [0.29, 0.717) is 46.5 Å². The minimum absolute atomic E-state index is 0.0281. The molecule has 7 rings (SSSR count). The highest BCUT2D eigenvalue weighted by Crippen LogP contribution is 2.45.